The van der Waals surface area contributed by atoms with E-state index in [2.05, 4.69) is 34.1 Å². The van der Waals surface area contributed by atoms with Gasteiger partial charge in [-0.15, -0.1) is 0 Å². The van der Waals surface area contributed by atoms with Crippen LogP contribution in [0.3, 0.4) is 0 Å². The first kappa shape index (κ1) is 13.1. The van der Waals surface area contributed by atoms with Crippen LogP contribution in [0.15, 0.2) is 24.3 Å². The van der Waals surface area contributed by atoms with Crippen LogP contribution in [0, 0.1) is 0 Å². The number of rotatable bonds is 1. The first-order chi connectivity index (χ1) is 9.35. The second-order valence-corrected chi connectivity index (χ2v) is 5.56. The van der Waals surface area contributed by atoms with Crippen molar-refractivity contribution in [3.63, 3.8) is 0 Å². The predicted molar refractivity (Wildman–Crippen MR) is 77.5 cm³/mol. The highest BCUT2D eigenvalue weighted by atomic mass is 16.1. The fourth-order valence-electron chi connectivity index (χ4n) is 3.48. The Morgan fingerprint density at radius 3 is 2.95 bits per heavy atom. The lowest BCUT2D eigenvalue weighted by molar-refractivity contribution is -0.121. The van der Waals surface area contributed by atoms with Crippen LogP contribution in [0.2, 0.25) is 0 Å². The highest BCUT2D eigenvalue weighted by molar-refractivity contribution is 5.84. The van der Waals surface area contributed by atoms with Crippen LogP contribution < -0.4 is 0 Å². The SMILES string of the molecule is O.O=CN1CCN2Cc3[nH]c4ccccc4c3CC2C1. The first-order valence-corrected chi connectivity index (χ1v) is 6.87. The van der Waals surface area contributed by atoms with Crippen molar-refractivity contribution in [2.45, 2.75) is 19.0 Å². The van der Waals surface area contributed by atoms with Crippen LogP contribution in [0.1, 0.15) is 11.3 Å². The molecule has 1 atom stereocenters. The number of amides is 1. The Bertz CT molecular complexity index is 637. The molecular weight excluding hydrogens is 254 g/mol. The molecule has 2 aromatic rings. The Labute approximate surface area is 117 Å². The van der Waals surface area contributed by atoms with Gasteiger partial charge in [0.2, 0.25) is 6.41 Å². The minimum atomic E-state index is 0. The molecule has 1 aromatic carbocycles. The van der Waals surface area contributed by atoms with E-state index in [1.807, 2.05) is 4.90 Å². The molecule has 0 bridgehead atoms. The number of nitrogens with one attached hydrogen (secondary N) is 1. The number of fused-ring (bicyclic) bond motifs is 4. The number of nitrogens with zero attached hydrogens (tertiary/aromatic N) is 2. The van der Waals surface area contributed by atoms with Crippen molar-refractivity contribution in [1.29, 1.82) is 0 Å². The van der Waals surface area contributed by atoms with Gasteiger partial charge in [0.25, 0.3) is 0 Å². The molecule has 0 spiro atoms. The summed E-state index contributed by atoms with van der Waals surface area (Å²) in [6, 6.07) is 8.99. The minimum absolute atomic E-state index is 0. The molecule has 2 aliphatic heterocycles. The van der Waals surface area contributed by atoms with Gasteiger partial charge in [-0.1, -0.05) is 18.2 Å². The number of hydrogen-bond donors (Lipinski definition) is 1. The summed E-state index contributed by atoms with van der Waals surface area (Å²) in [4.78, 5) is 18.9. The van der Waals surface area contributed by atoms with E-state index in [1.54, 1.807) is 0 Å². The summed E-state index contributed by atoms with van der Waals surface area (Å²) in [6.07, 6.45) is 2.03. The predicted octanol–water partition coefficient (Wildman–Crippen LogP) is 0.542. The molecular formula is C15H19N3O2. The monoisotopic (exact) mass is 273 g/mol. The van der Waals surface area contributed by atoms with Crippen LogP contribution in [0.5, 0.6) is 0 Å². The van der Waals surface area contributed by atoms with E-state index in [-0.39, 0.29) is 5.48 Å². The van der Waals surface area contributed by atoms with Crippen LogP contribution in [0.4, 0.5) is 0 Å². The number of carbonyl (C=O) groups excluding carboxylic acids is 1. The lowest BCUT2D eigenvalue weighted by Gasteiger charge is -2.42. The number of piperazine rings is 1. The lowest BCUT2D eigenvalue weighted by atomic mass is 9.95. The minimum Gasteiger partial charge on any atom is -0.412 e. The number of aromatic nitrogens is 1. The Morgan fingerprint density at radius 2 is 2.10 bits per heavy atom. The van der Waals surface area contributed by atoms with Crippen molar-refractivity contribution in [3.05, 3.63) is 35.5 Å². The summed E-state index contributed by atoms with van der Waals surface area (Å²) in [5, 5.41) is 1.35. The van der Waals surface area contributed by atoms with Crippen molar-refractivity contribution < 1.29 is 10.3 Å². The van der Waals surface area contributed by atoms with E-state index in [4.69, 9.17) is 0 Å². The molecule has 0 saturated carbocycles. The molecule has 1 aromatic heterocycles. The molecule has 2 aliphatic rings. The number of carbonyl (C=O) groups is 1. The molecule has 0 aliphatic carbocycles. The lowest BCUT2D eigenvalue weighted by Crippen LogP contribution is -2.54. The van der Waals surface area contributed by atoms with Gasteiger partial charge in [-0.2, -0.15) is 0 Å². The van der Waals surface area contributed by atoms with Gasteiger partial charge in [-0.3, -0.25) is 9.69 Å². The van der Waals surface area contributed by atoms with E-state index in [1.165, 1.54) is 22.2 Å². The summed E-state index contributed by atoms with van der Waals surface area (Å²) in [5.74, 6) is 0. The zero-order valence-electron chi connectivity index (χ0n) is 11.3. The fourth-order valence-corrected chi connectivity index (χ4v) is 3.48. The topological polar surface area (TPSA) is 70.8 Å². The molecule has 1 unspecified atom stereocenters. The van der Waals surface area contributed by atoms with E-state index in [0.717, 1.165) is 39.0 Å². The van der Waals surface area contributed by atoms with Gasteiger partial charge >= 0.3 is 0 Å². The van der Waals surface area contributed by atoms with Crippen LogP contribution in [-0.4, -0.2) is 52.3 Å². The van der Waals surface area contributed by atoms with Gasteiger partial charge in [-0.05, 0) is 18.1 Å². The Balaban J connectivity index is 0.00000121. The standard InChI is InChI=1S/C15H17N3O.H2O/c19-10-17-5-6-18-9-15-13(7-11(18)8-17)12-3-1-2-4-14(12)16-15;/h1-4,10-11,16H,5-9H2;1H2. The molecule has 106 valence electrons. The molecule has 5 heteroatoms. The Kier molecular flexibility index (Phi) is 3.23. The smallest absolute Gasteiger partial charge is 0.209 e. The van der Waals surface area contributed by atoms with E-state index in [9.17, 15) is 4.79 Å². The third-order valence-electron chi connectivity index (χ3n) is 4.49. The second kappa shape index (κ2) is 4.92. The quantitative estimate of drug-likeness (QED) is 0.770. The zero-order chi connectivity index (χ0) is 12.8. The molecule has 20 heavy (non-hydrogen) atoms. The maximum Gasteiger partial charge on any atom is 0.209 e. The summed E-state index contributed by atoms with van der Waals surface area (Å²) in [5.41, 5.74) is 4.04. The van der Waals surface area contributed by atoms with Crippen molar-refractivity contribution in [2.24, 2.45) is 0 Å². The number of para-hydroxylation sites is 1. The number of hydrogen-bond acceptors (Lipinski definition) is 2. The summed E-state index contributed by atoms with van der Waals surface area (Å²) >= 11 is 0. The van der Waals surface area contributed by atoms with Crippen molar-refractivity contribution in [2.75, 3.05) is 19.6 Å². The second-order valence-electron chi connectivity index (χ2n) is 5.56. The molecule has 1 saturated heterocycles. The van der Waals surface area contributed by atoms with E-state index >= 15 is 0 Å². The number of benzene rings is 1. The molecule has 1 fully saturated rings. The van der Waals surface area contributed by atoms with Crippen molar-refractivity contribution >= 4 is 17.3 Å². The van der Waals surface area contributed by atoms with Gasteiger partial charge in [0, 0.05) is 48.8 Å². The third-order valence-corrected chi connectivity index (χ3v) is 4.49. The number of H-pyrrole nitrogens is 1. The summed E-state index contributed by atoms with van der Waals surface area (Å²) in [7, 11) is 0. The molecule has 1 amide bonds. The third kappa shape index (κ3) is 1.90. The molecule has 0 radical (unpaired) electrons. The van der Waals surface area contributed by atoms with Gasteiger partial charge in [0.1, 0.15) is 0 Å². The van der Waals surface area contributed by atoms with Crippen molar-refractivity contribution in [3.8, 4) is 0 Å². The van der Waals surface area contributed by atoms with Gasteiger partial charge in [-0.25, -0.2) is 0 Å². The van der Waals surface area contributed by atoms with Crippen LogP contribution in [-0.2, 0) is 17.8 Å². The van der Waals surface area contributed by atoms with E-state index in [0.29, 0.717) is 6.04 Å². The maximum atomic E-state index is 10.9. The van der Waals surface area contributed by atoms with Gasteiger partial charge in [0.05, 0.1) is 0 Å². The van der Waals surface area contributed by atoms with Crippen LogP contribution >= 0.6 is 0 Å². The molecule has 5 nitrogen and oxygen atoms in total. The molecule has 3 N–H and O–H groups in total. The zero-order valence-corrected chi connectivity index (χ0v) is 11.3. The summed E-state index contributed by atoms with van der Waals surface area (Å²) < 4.78 is 0. The summed E-state index contributed by atoms with van der Waals surface area (Å²) in [6.45, 7) is 3.69. The van der Waals surface area contributed by atoms with E-state index < -0.39 is 0 Å². The average Bonchev–Trinajstić information content (AvgIpc) is 2.82. The van der Waals surface area contributed by atoms with Gasteiger partial charge < -0.3 is 15.4 Å². The fraction of sp³-hybridized carbons (Fsp3) is 0.400. The molecule has 3 heterocycles. The Hall–Kier alpha value is -1.85. The largest absolute Gasteiger partial charge is 0.412 e. The van der Waals surface area contributed by atoms with Crippen molar-refractivity contribution in [1.82, 2.24) is 14.8 Å². The highest BCUT2D eigenvalue weighted by Crippen LogP contribution is 2.31. The highest BCUT2D eigenvalue weighted by Gasteiger charge is 2.32. The van der Waals surface area contributed by atoms with Gasteiger partial charge in [0.15, 0.2) is 0 Å². The van der Waals surface area contributed by atoms with Crippen LogP contribution in [0.25, 0.3) is 10.9 Å². The Morgan fingerprint density at radius 1 is 1.25 bits per heavy atom. The molecule has 4 rings (SSSR count). The number of aromatic amines is 1. The first-order valence-electron chi connectivity index (χ1n) is 6.87. The normalized spacial score (nSPS) is 22.0. The average molecular weight is 273 g/mol. The maximum absolute atomic E-state index is 10.9.